The van der Waals surface area contributed by atoms with Crippen molar-refractivity contribution in [3.63, 3.8) is 0 Å². The number of nitrogens with one attached hydrogen (secondary N) is 1. The van der Waals surface area contributed by atoms with Crippen molar-refractivity contribution in [3.05, 3.63) is 23.5 Å². The van der Waals surface area contributed by atoms with Crippen LogP contribution in [-0.2, 0) is 0 Å². The van der Waals surface area contributed by atoms with E-state index in [0.717, 1.165) is 11.3 Å². The van der Waals surface area contributed by atoms with Crippen molar-refractivity contribution in [2.24, 2.45) is 0 Å². The van der Waals surface area contributed by atoms with Crippen molar-refractivity contribution < 1.29 is 0 Å². The molecule has 0 aliphatic rings. The molecule has 0 aliphatic heterocycles. The van der Waals surface area contributed by atoms with Gasteiger partial charge in [-0.05, 0) is 19.4 Å². The van der Waals surface area contributed by atoms with Gasteiger partial charge >= 0.3 is 0 Å². The predicted molar refractivity (Wildman–Crippen MR) is 53.9 cm³/mol. The van der Waals surface area contributed by atoms with Crippen LogP contribution in [0.5, 0.6) is 0 Å². The minimum atomic E-state index is 0.639. The van der Waals surface area contributed by atoms with Crippen LogP contribution in [0.25, 0.3) is 5.57 Å². The summed E-state index contributed by atoms with van der Waals surface area (Å²) < 4.78 is 0. The zero-order valence-electron chi connectivity index (χ0n) is 8.55. The molecule has 0 unspecified atom stereocenters. The first kappa shape index (κ1) is 11.4. The van der Waals surface area contributed by atoms with Gasteiger partial charge < -0.3 is 0 Å². The Morgan fingerprint density at radius 3 is 2.54 bits per heavy atom. The normalized spacial score (nSPS) is 9.92. The van der Waals surface area contributed by atoms with Crippen LogP contribution in [-0.4, -0.2) is 10.2 Å². The van der Waals surface area contributed by atoms with Gasteiger partial charge in [0.1, 0.15) is 6.07 Å². The highest BCUT2D eigenvalue weighted by molar-refractivity contribution is 5.75. The van der Waals surface area contributed by atoms with Crippen LogP contribution in [0.4, 0.5) is 0 Å². The van der Waals surface area contributed by atoms with Crippen molar-refractivity contribution in [1.29, 1.82) is 5.26 Å². The van der Waals surface area contributed by atoms with Crippen molar-refractivity contribution in [2.45, 2.75) is 27.7 Å². The van der Waals surface area contributed by atoms with E-state index in [-0.39, 0.29) is 0 Å². The fourth-order valence-corrected chi connectivity index (χ4v) is 0.884. The lowest BCUT2D eigenvalue weighted by molar-refractivity contribution is 1.07. The summed E-state index contributed by atoms with van der Waals surface area (Å²) in [6.45, 7) is 7.75. The maximum Gasteiger partial charge on any atom is 0.101 e. The molecule has 0 fully saturated rings. The third kappa shape index (κ3) is 2.75. The van der Waals surface area contributed by atoms with Gasteiger partial charge in [-0.25, -0.2) is 0 Å². The third-order valence-electron chi connectivity index (χ3n) is 1.51. The van der Waals surface area contributed by atoms with E-state index in [2.05, 4.69) is 16.3 Å². The quantitative estimate of drug-likeness (QED) is 0.670. The fraction of sp³-hybridized carbons (Fsp3) is 0.400. The zero-order valence-corrected chi connectivity index (χ0v) is 8.55. The summed E-state index contributed by atoms with van der Waals surface area (Å²) in [6.07, 6.45) is 3.47. The van der Waals surface area contributed by atoms with E-state index in [4.69, 9.17) is 5.26 Å². The molecule has 0 amide bonds. The number of hydrogen-bond acceptors (Lipinski definition) is 2. The maximum absolute atomic E-state index is 8.66. The molecular formula is C10H15N3. The highest BCUT2D eigenvalue weighted by Crippen LogP contribution is 2.13. The summed E-state index contributed by atoms with van der Waals surface area (Å²) >= 11 is 0. The third-order valence-corrected chi connectivity index (χ3v) is 1.51. The van der Waals surface area contributed by atoms with Crippen LogP contribution in [0.2, 0.25) is 0 Å². The lowest BCUT2D eigenvalue weighted by atomic mass is 10.1. The molecule has 13 heavy (non-hydrogen) atoms. The Balaban J connectivity index is 0.000000671. The van der Waals surface area contributed by atoms with E-state index in [0.29, 0.717) is 5.57 Å². The summed E-state index contributed by atoms with van der Waals surface area (Å²) in [5.74, 6) is 0. The predicted octanol–water partition coefficient (Wildman–Crippen LogP) is 2.67. The average molecular weight is 177 g/mol. The molecule has 0 saturated heterocycles. The number of aryl methyl sites for hydroxylation is 1. The minimum absolute atomic E-state index is 0.639. The van der Waals surface area contributed by atoms with Gasteiger partial charge in [-0.3, -0.25) is 5.10 Å². The van der Waals surface area contributed by atoms with E-state index >= 15 is 0 Å². The van der Waals surface area contributed by atoms with E-state index in [1.807, 2.05) is 27.7 Å². The minimum Gasteiger partial charge on any atom is -0.277 e. The van der Waals surface area contributed by atoms with Gasteiger partial charge in [0.15, 0.2) is 0 Å². The van der Waals surface area contributed by atoms with Crippen LogP contribution < -0.4 is 0 Å². The lowest BCUT2D eigenvalue weighted by Gasteiger charge is -1.92. The molecule has 1 aromatic heterocycles. The lowest BCUT2D eigenvalue weighted by Crippen LogP contribution is -1.83. The molecule has 3 nitrogen and oxygen atoms in total. The molecule has 1 N–H and O–H groups in total. The number of nitrogens with zero attached hydrogens (tertiary/aromatic N) is 2. The van der Waals surface area contributed by atoms with E-state index < -0.39 is 0 Å². The number of H-pyrrole nitrogens is 1. The SMILES string of the molecule is C/C=C(\C#N)c1[nH]ncc1C.CC. The maximum atomic E-state index is 8.66. The molecule has 0 spiro atoms. The number of hydrogen-bond donors (Lipinski definition) is 1. The van der Waals surface area contributed by atoms with Gasteiger partial charge in [-0.1, -0.05) is 19.9 Å². The number of aromatic nitrogens is 2. The van der Waals surface area contributed by atoms with Crippen molar-refractivity contribution in [3.8, 4) is 6.07 Å². The smallest absolute Gasteiger partial charge is 0.101 e. The molecule has 1 aromatic rings. The molecule has 1 heterocycles. The number of rotatable bonds is 1. The van der Waals surface area contributed by atoms with Gasteiger partial charge in [0, 0.05) is 0 Å². The molecular weight excluding hydrogens is 162 g/mol. The van der Waals surface area contributed by atoms with Gasteiger partial charge in [-0.15, -0.1) is 0 Å². The molecule has 0 radical (unpaired) electrons. The molecule has 0 aliphatic carbocycles. The van der Waals surface area contributed by atoms with Crippen LogP contribution in [0.15, 0.2) is 12.3 Å². The molecule has 0 atom stereocenters. The first-order chi connectivity index (χ1) is 6.29. The monoisotopic (exact) mass is 177 g/mol. The molecule has 0 saturated carbocycles. The van der Waals surface area contributed by atoms with Crippen LogP contribution in [0.3, 0.4) is 0 Å². The van der Waals surface area contributed by atoms with Gasteiger partial charge in [0.25, 0.3) is 0 Å². The summed E-state index contributed by atoms with van der Waals surface area (Å²) in [5, 5.41) is 15.2. The van der Waals surface area contributed by atoms with Crippen molar-refractivity contribution in [1.82, 2.24) is 10.2 Å². The molecule has 3 heteroatoms. The number of aromatic amines is 1. The molecule has 70 valence electrons. The largest absolute Gasteiger partial charge is 0.277 e. The molecule has 0 bridgehead atoms. The van der Waals surface area contributed by atoms with Gasteiger partial charge in [-0.2, -0.15) is 10.4 Å². The molecule has 0 aromatic carbocycles. The Kier molecular flexibility index (Phi) is 5.29. The number of nitriles is 1. The Labute approximate surface area is 79.1 Å². The van der Waals surface area contributed by atoms with E-state index in [1.54, 1.807) is 12.3 Å². The van der Waals surface area contributed by atoms with Crippen LogP contribution in [0.1, 0.15) is 32.0 Å². The first-order valence-corrected chi connectivity index (χ1v) is 4.36. The Hall–Kier alpha value is -1.56. The van der Waals surface area contributed by atoms with Crippen molar-refractivity contribution >= 4 is 5.57 Å². The van der Waals surface area contributed by atoms with Gasteiger partial charge in [0.05, 0.1) is 17.5 Å². The zero-order chi connectivity index (χ0) is 10.3. The van der Waals surface area contributed by atoms with Crippen LogP contribution in [0, 0.1) is 18.3 Å². The Morgan fingerprint density at radius 2 is 2.23 bits per heavy atom. The summed E-state index contributed by atoms with van der Waals surface area (Å²) in [4.78, 5) is 0. The van der Waals surface area contributed by atoms with E-state index in [1.165, 1.54) is 0 Å². The fourth-order valence-electron chi connectivity index (χ4n) is 0.884. The second kappa shape index (κ2) is 6.01. The average Bonchev–Trinajstić information content (AvgIpc) is 2.58. The first-order valence-electron chi connectivity index (χ1n) is 4.36. The second-order valence-corrected chi connectivity index (χ2v) is 2.24. The number of allylic oxidation sites excluding steroid dienone is 2. The Morgan fingerprint density at radius 1 is 1.62 bits per heavy atom. The molecule has 1 rings (SSSR count). The van der Waals surface area contributed by atoms with Crippen LogP contribution >= 0.6 is 0 Å². The standard InChI is InChI=1S/C8H9N3.C2H6/c1-3-7(4-9)8-6(2)5-10-11-8;1-2/h3,5H,1-2H3,(H,10,11);1-2H3/b7-3+;. The second-order valence-electron chi connectivity index (χ2n) is 2.24. The Bertz CT molecular complexity index is 315. The summed E-state index contributed by atoms with van der Waals surface area (Å²) in [6, 6.07) is 2.08. The highest BCUT2D eigenvalue weighted by atomic mass is 15.1. The highest BCUT2D eigenvalue weighted by Gasteiger charge is 2.03. The van der Waals surface area contributed by atoms with Gasteiger partial charge in [0.2, 0.25) is 0 Å². The van der Waals surface area contributed by atoms with E-state index in [9.17, 15) is 0 Å². The summed E-state index contributed by atoms with van der Waals surface area (Å²) in [7, 11) is 0. The van der Waals surface area contributed by atoms with Crippen molar-refractivity contribution in [2.75, 3.05) is 0 Å². The summed E-state index contributed by atoms with van der Waals surface area (Å²) in [5.41, 5.74) is 2.45. The topological polar surface area (TPSA) is 52.5 Å².